The summed E-state index contributed by atoms with van der Waals surface area (Å²) >= 11 is 0. The summed E-state index contributed by atoms with van der Waals surface area (Å²) in [4.78, 5) is 13.1. The van der Waals surface area contributed by atoms with Gasteiger partial charge in [0.05, 0.1) is 42.6 Å². The second kappa shape index (κ2) is 9.24. The van der Waals surface area contributed by atoms with Crippen LogP contribution in [0.5, 0.6) is 17.2 Å². The third-order valence-corrected chi connectivity index (χ3v) is 5.24. The zero-order chi connectivity index (χ0) is 19.1. The van der Waals surface area contributed by atoms with Gasteiger partial charge in [0.1, 0.15) is 5.75 Å². The fourth-order valence-electron chi connectivity index (χ4n) is 2.51. The summed E-state index contributed by atoms with van der Waals surface area (Å²) in [6.45, 7) is 2.05. The van der Waals surface area contributed by atoms with Crippen molar-refractivity contribution in [1.82, 2.24) is 5.32 Å². The van der Waals surface area contributed by atoms with Gasteiger partial charge < -0.3 is 19.5 Å². The van der Waals surface area contributed by atoms with E-state index in [1.54, 1.807) is 57.7 Å². The summed E-state index contributed by atoms with van der Waals surface area (Å²) in [7, 11) is 3.43. The van der Waals surface area contributed by atoms with Gasteiger partial charge >= 0.3 is 0 Å². The van der Waals surface area contributed by atoms with E-state index in [1.807, 2.05) is 6.92 Å². The maximum absolute atomic E-state index is 12.6. The average Bonchev–Trinajstić information content (AvgIpc) is 2.70. The molecule has 140 valence electrons. The minimum Gasteiger partial charge on any atom is -0.496 e. The highest BCUT2D eigenvalue weighted by molar-refractivity contribution is 7.85. The molecule has 6 nitrogen and oxygen atoms in total. The topological polar surface area (TPSA) is 73.9 Å². The highest BCUT2D eigenvalue weighted by Gasteiger charge is 2.16. The van der Waals surface area contributed by atoms with E-state index in [0.717, 1.165) is 5.56 Å². The van der Waals surface area contributed by atoms with Gasteiger partial charge in [0.25, 0.3) is 5.91 Å². The number of rotatable bonds is 8. The molecule has 7 heteroatoms. The van der Waals surface area contributed by atoms with Crippen LogP contribution < -0.4 is 19.5 Å². The normalized spacial score (nSPS) is 11.5. The Labute approximate surface area is 155 Å². The second-order valence-corrected chi connectivity index (χ2v) is 7.04. The van der Waals surface area contributed by atoms with Crippen molar-refractivity contribution in [3.63, 3.8) is 0 Å². The molecule has 1 amide bonds. The summed E-state index contributed by atoms with van der Waals surface area (Å²) in [5, 5.41) is 2.85. The predicted octanol–water partition coefficient (Wildman–Crippen LogP) is 2.77. The Morgan fingerprint density at radius 2 is 1.62 bits per heavy atom. The summed E-state index contributed by atoms with van der Waals surface area (Å²) in [6, 6.07) is 10.4. The molecule has 1 atom stereocenters. The van der Waals surface area contributed by atoms with Crippen LogP contribution >= 0.6 is 0 Å². The highest BCUT2D eigenvalue weighted by atomic mass is 32.2. The number of ether oxygens (including phenoxy) is 3. The Balaban J connectivity index is 2.24. The Morgan fingerprint density at radius 3 is 2.23 bits per heavy atom. The van der Waals surface area contributed by atoms with E-state index in [0.29, 0.717) is 33.5 Å². The zero-order valence-electron chi connectivity index (χ0n) is 15.3. The molecule has 0 spiro atoms. The van der Waals surface area contributed by atoms with Crippen LogP contribution in [0.15, 0.2) is 41.3 Å². The van der Waals surface area contributed by atoms with E-state index >= 15 is 0 Å². The monoisotopic (exact) mass is 377 g/mol. The quantitative estimate of drug-likeness (QED) is 0.766. The molecule has 0 aliphatic heterocycles. The van der Waals surface area contributed by atoms with Crippen LogP contribution in [0.4, 0.5) is 0 Å². The standard InChI is InChI=1S/C19H23NO5S/c1-5-26(22)18-9-7-6-8-14(18)19(21)20-12-13-10-16(24-3)17(25-4)11-15(13)23-2/h6-11H,5,12H2,1-4H3,(H,20,21)/t26-/m0/s1. The first kappa shape index (κ1) is 19.8. The molecule has 0 unspecified atom stereocenters. The molecule has 0 fully saturated rings. The number of hydrogen-bond acceptors (Lipinski definition) is 5. The molecule has 26 heavy (non-hydrogen) atoms. The third-order valence-electron chi connectivity index (χ3n) is 3.87. The average molecular weight is 377 g/mol. The maximum Gasteiger partial charge on any atom is 0.252 e. The number of hydrogen-bond donors (Lipinski definition) is 1. The van der Waals surface area contributed by atoms with Crippen molar-refractivity contribution in [3.8, 4) is 17.2 Å². The van der Waals surface area contributed by atoms with Crippen molar-refractivity contribution >= 4 is 16.7 Å². The van der Waals surface area contributed by atoms with E-state index in [2.05, 4.69) is 5.32 Å². The van der Waals surface area contributed by atoms with Gasteiger partial charge in [-0.3, -0.25) is 9.00 Å². The van der Waals surface area contributed by atoms with Gasteiger partial charge in [-0.05, 0) is 18.2 Å². The van der Waals surface area contributed by atoms with E-state index in [4.69, 9.17) is 14.2 Å². The molecule has 2 aromatic carbocycles. The number of amides is 1. The first-order chi connectivity index (χ1) is 12.5. The second-order valence-electron chi connectivity index (χ2n) is 5.33. The van der Waals surface area contributed by atoms with Crippen molar-refractivity contribution in [2.45, 2.75) is 18.4 Å². The molecular weight excluding hydrogens is 354 g/mol. The van der Waals surface area contributed by atoms with Crippen LogP contribution in [0.2, 0.25) is 0 Å². The van der Waals surface area contributed by atoms with Gasteiger partial charge in [0, 0.05) is 23.9 Å². The van der Waals surface area contributed by atoms with Crippen molar-refractivity contribution in [1.29, 1.82) is 0 Å². The van der Waals surface area contributed by atoms with Crippen LogP contribution in [-0.2, 0) is 17.3 Å². The zero-order valence-corrected chi connectivity index (χ0v) is 16.1. The number of methoxy groups -OCH3 is 3. The van der Waals surface area contributed by atoms with Crippen LogP contribution in [0, 0.1) is 0 Å². The lowest BCUT2D eigenvalue weighted by molar-refractivity contribution is 0.0947. The highest BCUT2D eigenvalue weighted by Crippen LogP contribution is 2.34. The molecule has 0 saturated carbocycles. The molecule has 0 bridgehead atoms. The smallest absolute Gasteiger partial charge is 0.252 e. The molecular formula is C19H23NO5S. The van der Waals surface area contributed by atoms with Crippen LogP contribution in [0.3, 0.4) is 0 Å². The Kier molecular flexibility index (Phi) is 7.03. The van der Waals surface area contributed by atoms with Gasteiger partial charge in [-0.2, -0.15) is 0 Å². The Morgan fingerprint density at radius 1 is 1.00 bits per heavy atom. The van der Waals surface area contributed by atoms with Crippen molar-refractivity contribution in [3.05, 3.63) is 47.5 Å². The lowest BCUT2D eigenvalue weighted by Crippen LogP contribution is -2.24. The number of carbonyl (C=O) groups is 1. The number of benzene rings is 2. The molecule has 1 N–H and O–H groups in total. The summed E-state index contributed by atoms with van der Waals surface area (Å²) in [5.41, 5.74) is 1.15. The van der Waals surface area contributed by atoms with Gasteiger partial charge in [0.15, 0.2) is 11.5 Å². The first-order valence-electron chi connectivity index (χ1n) is 8.10. The van der Waals surface area contributed by atoms with E-state index in [-0.39, 0.29) is 12.5 Å². The Bertz CT molecular complexity index is 807. The van der Waals surface area contributed by atoms with E-state index < -0.39 is 10.8 Å². The van der Waals surface area contributed by atoms with Crippen molar-refractivity contribution in [2.24, 2.45) is 0 Å². The SMILES string of the molecule is CC[S@](=O)c1ccccc1C(=O)NCc1cc(OC)c(OC)cc1OC. The molecule has 0 heterocycles. The van der Waals surface area contributed by atoms with Gasteiger partial charge in [-0.25, -0.2) is 0 Å². The lowest BCUT2D eigenvalue weighted by atomic mass is 10.1. The van der Waals surface area contributed by atoms with Crippen molar-refractivity contribution < 1.29 is 23.2 Å². The van der Waals surface area contributed by atoms with Crippen LogP contribution in [-0.4, -0.2) is 37.2 Å². The van der Waals surface area contributed by atoms with E-state index in [1.165, 1.54) is 0 Å². The number of nitrogens with one attached hydrogen (secondary N) is 1. The van der Waals surface area contributed by atoms with E-state index in [9.17, 15) is 9.00 Å². The van der Waals surface area contributed by atoms with Gasteiger partial charge in [0.2, 0.25) is 0 Å². The van der Waals surface area contributed by atoms with Crippen LogP contribution in [0.1, 0.15) is 22.8 Å². The summed E-state index contributed by atoms with van der Waals surface area (Å²) < 4.78 is 28.1. The van der Waals surface area contributed by atoms with Crippen LogP contribution in [0.25, 0.3) is 0 Å². The molecule has 0 saturated heterocycles. The third kappa shape index (κ3) is 4.35. The lowest BCUT2D eigenvalue weighted by Gasteiger charge is -2.15. The molecule has 0 aliphatic carbocycles. The minimum atomic E-state index is -1.21. The molecule has 0 aromatic heterocycles. The predicted molar refractivity (Wildman–Crippen MR) is 101 cm³/mol. The fraction of sp³-hybridized carbons (Fsp3) is 0.316. The first-order valence-corrected chi connectivity index (χ1v) is 9.42. The number of carbonyl (C=O) groups excluding carboxylic acids is 1. The fourth-order valence-corrected chi connectivity index (χ4v) is 3.46. The van der Waals surface area contributed by atoms with Crippen molar-refractivity contribution in [2.75, 3.05) is 27.1 Å². The molecule has 0 radical (unpaired) electrons. The molecule has 2 rings (SSSR count). The maximum atomic E-state index is 12.6. The molecule has 0 aliphatic rings. The van der Waals surface area contributed by atoms with Gasteiger partial charge in [-0.15, -0.1) is 0 Å². The summed E-state index contributed by atoms with van der Waals surface area (Å²) in [5.74, 6) is 1.83. The summed E-state index contributed by atoms with van der Waals surface area (Å²) in [6.07, 6.45) is 0. The minimum absolute atomic E-state index is 0.232. The Hall–Kier alpha value is -2.54. The largest absolute Gasteiger partial charge is 0.496 e. The molecule has 2 aromatic rings. The van der Waals surface area contributed by atoms with Gasteiger partial charge in [-0.1, -0.05) is 19.1 Å².